The first kappa shape index (κ1) is 13.5. The van der Waals surface area contributed by atoms with Gasteiger partial charge in [0, 0.05) is 26.2 Å². The van der Waals surface area contributed by atoms with Crippen LogP contribution < -0.4 is 5.63 Å². The summed E-state index contributed by atoms with van der Waals surface area (Å²) in [6, 6.07) is 13.3. The topological polar surface area (TPSA) is 43.4 Å². The van der Waals surface area contributed by atoms with E-state index in [0.29, 0.717) is 16.9 Å². The normalized spacial score (nSPS) is 11.1. The Labute approximate surface area is 137 Å². The molecule has 0 amide bonds. The summed E-state index contributed by atoms with van der Waals surface area (Å²) >= 11 is 4.94. The Hall–Kier alpha value is -2.11. The fraction of sp³-hybridized carbons (Fsp3) is 0. The summed E-state index contributed by atoms with van der Waals surface area (Å²) in [5.41, 5.74) is 1.54. The summed E-state index contributed by atoms with van der Waals surface area (Å²) in [6.07, 6.45) is 1.56. The van der Waals surface area contributed by atoms with Crippen molar-refractivity contribution in [2.75, 3.05) is 0 Å². The van der Waals surface area contributed by atoms with E-state index >= 15 is 0 Å². The molecule has 1 aromatic carbocycles. The molecule has 3 nitrogen and oxygen atoms in total. The molecule has 0 fully saturated rings. The monoisotopic (exact) mass is 372 g/mol. The summed E-state index contributed by atoms with van der Waals surface area (Å²) in [4.78, 5) is 12.4. The zero-order chi connectivity index (χ0) is 15.1. The standard InChI is InChI=1S/C17H9BrO3S/c18-11-5-3-10(4-6-11)12-9-22-15-8-14(13-2-1-7-20-13)21-17(19)16(12)15/h1-9H. The second-order valence-corrected chi connectivity index (χ2v) is 6.60. The van der Waals surface area contributed by atoms with Gasteiger partial charge in [0.05, 0.1) is 11.6 Å². The van der Waals surface area contributed by atoms with Crippen molar-refractivity contribution >= 4 is 37.4 Å². The van der Waals surface area contributed by atoms with E-state index < -0.39 is 0 Å². The zero-order valence-electron chi connectivity index (χ0n) is 11.2. The molecule has 3 heterocycles. The molecule has 3 aromatic heterocycles. The van der Waals surface area contributed by atoms with E-state index in [-0.39, 0.29) is 5.63 Å². The number of fused-ring (bicyclic) bond motifs is 1. The van der Waals surface area contributed by atoms with E-state index in [2.05, 4.69) is 15.9 Å². The Morgan fingerprint density at radius 2 is 1.86 bits per heavy atom. The van der Waals surface area contributed by atoms with Gasteiger partial charge >= 0.3 is 5.63 Å². The summed E-state index contributed by atoms with van der Waals surface area (Å²) in [5, 5.41) is 2.60. The Morgan fingerprint density at radius 3 is 2.59 bits per heavy atom. The van der Waals surface area contributed by atoms with Crippen molar-refractivity contribution in [2.24, 2.45) is 0 Å². The summed E-state index contributed by atoms with van der Waals surface area (Å²) in [6.45, 7) is 0. The number of hydrogen-bond donors (Lipinski definition) is 0. The Kier molecular flexibility index (Phi) is 3.24. The minimum atomic E-state index is -0.344. The molecule has 5 heteroatoms. The molecule has 0 saturated heterocycles. The third-order valence-corrected chi connectivity index (χ3v) is 4.87. The van der Waals surface area contributed by atoms with Crippen molar-refractivity contribution in [3.8, 4) is 22.6 Å². The maximum absolute atomic E-state index is 12.4. The number of rotatable bonds is 2. The maximum Gasteiger partial charge on any atom is 0.345 e. The minimum Gasteiger partial charge on any atom is -0.461 e. The second kappa shape index (κ2) is 5.26. The maximum atomic E-state index is 12.4. The molecule has 0 bridgehead atoms. The molecule has 108 valence electrons. The lowest BCUT2D eigenvalue weighted by Crippen LogP contribution is -1.99. The van der Waals surface area contributed by atoms with Gasteiger partial charge in [-0.2, -0.15) is 0 Å². The van der Waals surface area contributed by atoms with Crippen LogP contribution in [0, 0.1) is 0 Å². The molecule has 0 aliphatic heterocycles. The van der Waals surface area contributed by atoms with Crippen LogP contribution in [0.1, 0.15) is 0 Å². The number of hydrogen-bond acceptors (Lipinski definition) is 4. The van der Waals surface area contributed by atoms with E-state index in [4.69, 9.17) is 8.83 Å². The van der Waals surface area contributed by atoms with Crippen LogP contribution in [0.4, 0.5) is 0 Å². The molecule has 0 radical (unpaired) electrons. The number of benzene rings is 1. The summed E-state index contributed by atoms with van der Waals surface area (Å²) in [7, 11) is 0. The Bertz CT molecular complexity index is 995. The van der Waals surface area contributed by atoms with E-state index in [1.165, 1.54) is 11.3 Å². The highest BCUT2D eigenvalue weighted by molar-refractivity contribution is 9.10. The molecule has 0 saturated carbocycles. The Morgan fingerprint density at radius 1 is 1.05 bits per heavy atom. The summed E-state index contributed by atoms with van der Waals surface area (Å²) < 4.78 is 12.6. The van der Waals surface area contributed by atoms with Gasteiger partial charge in [0.2, 0.25) is 0 Å². The molecule has 0 N–H and O–H groups in total. The third kappa shape index (κ3) is 2.23. The van der Waals surface area contributed by atoms with E-state index in [9.17, 15) is 4.79 Å². The van der Waals surface area contributed by atoms with Crippen molar-refractivity contribution in [3.05, 3.63) is 69.0 Å². The van der Waals surface area contributed by atoms with Crippen LogP contribution in [0.15, 0.2) is 72.2 Å². The van der Waals surface area contributed by atoms with E-state index in [1.54, 1.807) is 18.4 Å². The number of furan rings is 1. The van der Waals surface area contributed by atoms with Gasteiger partial charge in [-0.25, -0.2) is 4.79 Å². The highest BCUT2D eigenvalue weighted by Crippen LogP contribution is 2.34. The van der Waals surface area contributed by atoms with Gasteiger partial charge in [-0.3, -0.25) is 0 Å². The first-order chi connectivity index (χ1) is 10.7. The van der Waals surface area contributed by atoms with Gasteiger partial charge in [-0.15, -0.1) is 11.3 Å². The van der Waals surface area contributed by atoms with Gasteiger partial charge in [-0.1, -0.05) is 28.1 Å². The van der Waals surface area contributed by atoms with E-state index in [1.807, 2.05) is 35.7 Å². The Balaban J connectivity index is 1.93. The first-order valence-corrected chi connectivity index (χ1v) is 8.25. The molecular weight excluding hydrogens is 364 g/mol. The molecule has 0 aliphatic rings. The van der Waals surface area contributed by atoms with Crippen molar-refractivity contribution in [3.63, 3.8) is 0 Å². The lowest BCUT2D eigenvalue weighted by atomic mass is 10.1. The van der Waals surface area contributed by atoms with Gasteiger partial charge in [0.15, 0.2) is 11.5 Å². The molecule has 0 aliphatic carbocycles. The van der Waals surface area contributed by atoms with Gasteiger partial charge in [-0.05, 0) is 29.8 Å². The van der Waals surface area contributed by atoms with Crippen molar-refractivity contribution < 1.29 is 8.83 Å². The second-order valence-electron chi connectivity index (χ2n) is 4.77. The van der Waals surface area contributed by atoms with Crippen LogP contribution in [0.2, 0.25) is 0 Å². The van der Waals surface area contributed by atoms with Crippen LogP contribution in [-0.4, -0.2) is 0 Å². The highest BCUT2D eigenvalue weighted by Gasteiger charge is 2.15. The van der Waals surface area contributed by atoms with Crippen molar-refractivity contribution in [2.45, 2.75) is 0 Å². The predicted octanol–water partition coefficient (Wildman–Crippen LogP) is 5.54. The molecule has 0 atom stereocenters. The van der Waals surface area contributed by atoms with E-state index in [0.717, 1.165) is 20.3 Å². The SMILES string of the molecule is O=c1oc(-c2ccco2)cc2scc(-c3ccc(Br)cc3)c12. The number of thiophene rings is 1. The zero-order valence-corrected chi connectivity index (χ0v) is 13.6. The van der Waals surface area contributed by atoms with Crippen molar-refractivity contribution in [1.29, 1.82) is 0 Å². The van der Waals surface area contributed by atoms with Crippen LogP contribution >= 0.6 is 27.3 Å². The smallest absolute Gasteiger partial charge is 0.345 e. The van der Waals surface area contributed by atoms with Crippen LogP contribution in [-0.2, 0) is 0 Å². The van der Waals surface area contributed by atoms with Gasteiger partial charge in [0.25, 0.3) is 0 Å². The predicted molar refractivity (Wildman–Crippen MR) is 91.2 cm³/mol. The molecule has 4 rings (SSSR count). The fourth-order valence-corrected chi connectivity index (χ4v) is 3.62. The average Bonchev–Trinajstić information content (AvgIpc) is 3.17. The fourth-order valence-electron chi connectivity index (χ4n) is 2.37. The van der Waals surface area contributed by atoms with Crippen LogP contribution in [0.3, 0.4) is 0 Å². The highest BCUT2D eigenvalue weighted by atomic mass is 79.9. The third-order valence-electron chi connectivity index (χ3n) is 3.41. The first-order valence-electron chi connectivity index (χ1n) is 6.57. The van der Waals surface area contributed by atoms with Crippen molar-refractivity contribution in [1.82, 2.24) is 0 Å². The number of halogens is 1. The molecule has 0 spiro atoms. The largest absolute Gasteiger partial charge is 0.461 e. The quantitative estimate of drug-likeness (QED) is 0.463. The average molecular weight is 373 g/mol. The van der Waals surface area contributed by atoms with Gasteiger partial charge in [0.1, 0.15) is 0 Å². The van der Waals surface area contributed by atoms with Gasteiger partial charge < -0.3 is 8.83 Å². The lowest BCUT2D eigenvalue weighted by molar-refractivity contribution is 0.497. The molecule has 0 unspecified atom stereocenters. The van der Waals surface area contributed by atoms with Crippen LogP contribution in [0.25, 0.3) is 32.7 Å². The lowest BCUT2D eigenvalue weighted by Gasteiger charge is -2.00. The molecular formula is C17H9BrO3S. The molecule has 22 heavy (non-hydrogen) atoms. The summed E-state index contributed by atoms with van der Waals surface area (Å²) in [5.74, 6) is 1.00. The minimum absolute atomic E-state index is 0.344. The van der Waals surface area contributed by atoms with Crippen LogP contribution in [0.5, 0.6) is 0 Å². The molecule has 4 aromatic rings.